The molecule has 8 nitrogen and oxygen atoms in total. The molecule has 3 fully saturated rings. The van der Waals surface area contributed by atoms with Crippen molar-refractivity contribution in [3.05, 3.63) is 28.5 Å². The van der Waals surface area contributed by atoms with Gasteiger partial charge in [-0.15, -0.1) is 11.3 Å². The lowest BCUT2D eigenvalue weighted by molar-refractivity contribution is -0.138. The third-order valence-corrected chi connectivity index (χ3v) is 8.62. The highest BCUT2D eigenvalue weighted by molar-refractivity contribution is 7.17. The van der Waals surface area contributed by atoms with Gasteiger partial charge in [-0.3, -0.25) is 9.59 Å². The van der Waals surface area contributed by atoms with Gasteiger partial charge >= 0.3 is 6.18 Å². The van der Waals surface area contributed by atoms with Gasteiger partial charge in [-0.2, -0.15) is 13.2 Å². The van der Waals surface area contributed by atoms with Crippen LogP contribution in [-0.4, -0.2) is 68.2 Å². The van der Waals surface area contributed by atoms with E-state index in [1.165, 1.54) is 0 Å². The molecule has 4 heterocycles. The Kier molecular flexibility index (Phi) is 7.05. The zero-order valence-corrected chi connectivity index (χ0v) is 21.1. The Morgan fingerprint density at radius 3 is 2.32 bits per heavy atom. The van der Waals surface area contributed by atoms with E-state index in [2.05, 4.69) is 20.6 Å². The number of aliphatic hydroxyl groups excluding tert-OH is 1. The first-order valence-corrected chi connectivity index (χ1v) is 13.2. The summed E-state index contributed by atoms with van der Waals surface area (Å²) in [6, 6.07) is -1.67. The molecule has 14 heteroatoms. The number of halogens is 5. The van der Waals surface area contributed by atoms with Crippen LogP contribution in [-0.2, 0) is 0 Å². The van der Waals surface area contributed by atoms with E-state index >= 15 is 0 Å². The van der Waals surface area contributed by atoms with E-state index in [0.29, 0.717) is 12.8 Å². The molecule has 0 radical (unpaired) electrons. The summed E-state index contributed by atoms with van der Waals surface area (Å²) >= 11 is 0.738. The van der Waals surface area contributed by atoms with Crippen molar-refractivity contribution in [2.45, 2.75) is 88.3 Å². The molecule has 5 rings (SSSR count). The van der Waals surface area contributed by atoms with Crippen LogP contribution >= 0.6 is 11.3 Å². The second-order valence-corrected chi connectivity index (χ2v) is 11.0. The van der Waals surface area contributed by atoms with Crippen LogP contribution < -0.4 is 10.6 Å². The number of alkyl halides is 5. The van der Waals surface area contributed by atoms with Crippen LogP contribution in [0.2, 0.25) is 0 Å². The maximum absolute atomic E-state index is 14.2. The van der Waals surface area contributed by atoms with E-state index in [0.717, 1.165) is 56.2 Å². The summed E-state index contributed by atoms with van der Waals surface area (Å²) in [5.41, 5.74) is -0.984. The number of nitrogens with zero attached hydrogens (tertiary/aromatic N) is 3. The average Bonchev–Trinajstić information content (AvgIpc) is 3.60. The predicted molar refractivity (Wildman–Crippen MR) is 128 cm³/mol. The first kappa shape index (κ1) is 26.7. The number of nitrogens with one attached hydrogen (secondary N) is 2. The zero-order chi connectivity index (χ0) is 27.4. The smallest absolute Gasteiger partial charge is 0.391 e. The zero-order valence-electron chi connectivity index (χ0n) is 20.3. The van der Waals surface area contributed by atoms with Crippen LogP contribution in [0.4, 0.5) is 27.8 Å². The lowest BCUT2D eigenvalue weighted by Crippen LogP contribution is -2.50. The Morgan fingerprint density at radius 1 is 1.13 bits per heavy atom. The molecular formula is C24H26F5N5O3S. The summed E-state index contributed by atoms with van der Waals surface area (Å²) in [6.07, 6.45) is -3.05. The van der Waals surface area contributed by atoms with Gasteiger partial charge < -0.3 is 20.6 Å². The van der Waals surface area contributed by atoms with Gasteiger partial charge in [-0.05, 0) is 51.5 Å². The van der Waals surface area contributed by atoms with E-state index in [4.69, 9.17) is 0 Å². The Balaban J connectivity index is 1.53. The van der Waals surface area contributed by atoms with Crippen LogP contribution in [0.1, 0.15) is 77.7 Å². The number of hydrogen-bond acceptors (Lipinski definition) is 7. The van der Waals surface area contributed by atoms with Gasteiger partial charge in [0.1, 0.15) is 17.6 Å². The minimum atomic E-state index is -4.62. The van der Waals surface area contributed by atoms with E-state index in [1.807, 2.05) is 0 Å². The predicted octanol–water partition coefficient (Wildman–Crippen LogP) is 4.53. The second-order valence-electron chi connectivity index (χ2n) is 9.96. The third kappa shape index (κ3) is 4.95. The number of thiazole rings is 1. The van der Waals surface area contributed by atoms with E-state index < -0.39 is 54.0 Å². The molecule has 3 atom stereocenters. The van der Waals surface area contributed by atoms with Crippen LogP contribution in [0.15, 0.2) is 12.3 Å². The molecule has 3 aliphatic rings. The number of carbonyl (C=O) groups is 2. The van der Waals surface area contributed by atoms with Crippen LogP contribution in [0.25, 0.3) is 10.4 Å². The Bertz CT molecular complexity index is 1220. The first-order chi connectivity index (χ1) is 17.9. The van der Waals surface area contributed by atoms with Gasteiger partial charge in [-0.25, -0.2) is 18.7 Å². The van der Waals surface area contributed by atoms with Crippen molar-refractivity contribution in [3.63, 3.8) is 0 Å². The summed E-state index contributed by atoms with van der Waals surface area (Å²) in [5, 5.41) is 14.4. The average molecular weight is 560 g/mol. The standard InChI is InChI=1S/C24H26F5N5O3S/c1-10(24(27,28)29)31-17-8-13(20(25)26)14(9-30-17)19-18(23(37)34-11-2-3-12(34)5-4-11)33-22(38-19)21(36)32-15-6-7-16(15)35/h8-12,15-16,20,35H,2-7H2,1H3,(H,30,31)(H,32,36)/t10-,11?,12?,15?,16?/m0/s1. The fourth-order valence-corrected chi connectivity index (χ4v) is 6.21. The minimum Gasteiger partial charge on any atom is -0.391 e. The van der Waals surface area contributed by atoms with Gasteiger partial charge in [-0.1, -0.05) is 0 Å². The third-order valence-electron chi connectivity index (χ3n) is 7.54. The molecule has 206 valence electrons. The van der Waals surface area contributed by atoms with Crippen molar-refractivity contribution in [2.24, 2.45) is 0 Å². The molecule has 2 saturated heterocycles. The van der Waals surface area contributed by atoms with Crippen molar-refractivity contribution in [1.29, 1.82) is 0 Å². The Morgan fingerprint density at radius 2 is 1.79 bits per heavy atom. The summed E-state index contributed by atoms with van der Waals surface area (Å²) in [6.45, 7) is 0.839. The number of aromatic nitrogens is 2. The Labute approximate surface area is 218 Å². The molecule has 2 aromatic rings. The van der Waals surface area contributed by atoms with Gasteiger partial charge in [0.05, 0.1) is 17.0 Å². The lowest BCUT2D eigenvalue weighted by atomic mass is 9.89. The van der Waals surface area contributed by atoms with Gasteiger partial charge in [0.15, 0.2) is 5.01 Å². The van der Waals surface area contributed by atoms with Gasteiger partial charge in [0.25, 0.3) is 18.2 Å². The molecule has 2 aliphatic heterocycles. The number of amides is 2. The monoisotopic (exact) mass is 559 g/mol. The molecule has 2 aromatic heterocycles. The van der Waals surface area contributed by atoms with Crippen molar-refractivity contribution in [2.75, 3.05) is 5.32 Å². The normalized spacial score (nSPS) is 25.4. The number of anilines is 1. The SMILES string of the molecule is C[C@H](Nc1cc(C(F)F)c(-c2sc(C(=O)NC3CCC3O)nc2C(=O)N2C3CCC2CC3)cn1)C(F)(F)F. The Hall–Kier alpha value is -2.87. The molecule has 0 spiro atoms. The van der Waals surface area contributed by atoms with Crippen LogP contribution in [0.5, 0.6) is 0 Å². The number of carbonyl (C=O) groups excluding carboxylic acids is 2. The van der Waals surface area contributed by atoms with Crippen molar-refractivity contribution in [3.8, 4) is 10.4 Å². The first-order valence-electron chi connectivity index (χ1n) is 12.4. The van der Waals surface area contributed by atoms with Crippen molar-refractivity contribution in [1.82, 2.24) is 20.2 Å². The number of aliphatic hydroxyl groups is 1. The van der Waals surface area contributed by atoms with Gasteiger partial charge in [0.2, 0.25) is 0 Å². The molecule has 38 heavy (non-hydrogen) atoms. The van der Waals surface area contributed by atoms with E-state index in [1.54, 1.807) is 4.90 Å². The highest BCUT2D eigenvalue weighted by Crippen LogP contribution is 2.42. The van der Waals surface area contributed by atoms with Gasteiger partial charge in [0, 0.05) is 29.4 Å². The molecule has 2 unspecified atom stereocenters. The topological polar surface area (TPSA) is 107 Å². The fourth-order valence-electron chi connectivity index (χ4n) is 5.22. The molecule has 2 bridgehead atoms. The highest BCUT2D eigenvalue weighted by atomic mass is 32.1. The maximum atomic E-state index is 14.2. The molecule has 1 aliphatic carbocycles. The van der Waals surface area contributed by atoms with Crippen molar-refractivity contribution >= 4 is 29.0 Å². The van der Waals surface area contributed by atoms with Crippen molar-refractivity contribution < 1.29 is 36.6 Å². The largest absolute Gasteiger partial charge is 0.408 e. The number of hydrogen-bond donors (Lipinski definition) is 3. The summed E-state index contributed by atoms with van der Waals surface area (Å²) in [4.78, 5) is 36.4. The molecule has 3 N–H and O–H groups in total. The minimum absolute atomic E-state index is 0.00109. The summed E-state index contributed by atoms with van der Waals surface area (Å²) in [7, 11) is 0. The highest BCUT2D eigenvalue weighted by Gasteiger charge is 2.44. The molecular weight excluding hydrogens is 533 g/mol. The number of pyridine rings is 1. The van der Waals surface area contributed by atoms with Crippen LogP contribution in [0.3, 0.4) is 0 Å². The van der Waals surface area contributed by atoms with E-state index in [9.17, 15) is 36.6 Å². The lowest BCUT2D eigenvalue weighted by Gasteiger charge is -2.32. The summed E-state index contributed by atoms with van der Waals surface area (Å²) < 4.78 is 67.3. The molecule has 2 amide bonds. The quantitative estimate of drug-likeness (QED) is 0.431. The van der Waals surface area contributed by atoms with Crippen LogP contribution in [0, 0.1) is 0 Å². The second kappa shape index (κ2) is 10.0. The molecule has 0 aromatic carbocycles. The van der Waals surface area contributed by atoms with E-state index in [-0.39, 0.29) is 33.2 Å². The fraction of sp³-hybridized carbons (Fsp3) is 0.583. The number of rotatable bonds is 7. The summed E-state index contributed by atoms with van der Waals surface area (Å²) in [5.74, 6) is -1.52. The molecule has 1 saturated carbocycles. The maximum Gasteiger partial charge on any atom is 0.408 e. The number of fused-ring (bicyclic) bond motifs is 2.